The fourth-order valence-electron chi connectivity index (χ4n) is 3.59. The van der Waals surface area contributed by atoms with Crippen LogP contribution in [0.1, 0.15) is 15.9 Å². The first-order valence-electron chi connectivity index (χ1n) is 10.5. The zero-order valence-electron chi connectivity index (χ0n) is 18.2. The maximum Gasteiger partial charge on any atom is 0.257 e. The number of amides is 1. The van der Waals surface area contributed by atoms with Gasteiger partial charge in [-0.2, -0.15) is 0 Å². The Hall–Kier alpha value is -3.90. The van der Waals surface area contributed by atoms with Crippen LogP contribution in [0.25, 0.3) is 11.1 Å². The van der Waals surface area contributed by atoms with Crippen molar-refractivity contribution in [2.24, 2.45) is 0 Å². The minimum absolute atomic E-state index is 0.135. The molecule has 0 saturated heterocycles. The fourth-order valence-corrected chi connectivity index (χ4v) is 4.49. The topological polar surface area (TPSA) is 66.5 Å². The SMILES string of the molecule is CS(=O)(=O)N(Cc1ccccc1)c1ccccc1C(=O)Nc1ccc(-c2ccccc2)cc1. The summed E-state index contributed by atoms with van der Waals surface area (Å²) in [5.74, 6) is -0.375. The summed E-state index contributed by atoms with van der Waals surface area (Å²) in [7, 11) is -3.63. The minimum Gasteiger partial charge on any atom is -0.322 e. The second-order valence-electron chi connectivity index (χ2n) is 7.67. The average molecular weight is 457 g/mol. The summed E-state index contributed by atoms with van der Waals surface area (Å²) in [5, 5.41) is 2.89. The van der Waals surface area contributed by atoms with Gasteiger partial charge in [-0.15, -0.1) is 0 Å². The van der Waals surface area contributed by atoms with Crippen LogP contribution in [0.3, 0.4) is 0 Å². The Morgan fingerprint density at radius 2 is 1.27 bits per heavy atom. The Balaban J connectivity index is 1.60. The second-order valence-corrected chi connectivity index (χ2v) is 9.58. The van der Waals surface area contributed by atoms with Gasteiger partial charge in [-0.1, -0.05) is 84.9 Å². The van der Waals surface area contributed by atoms with Crippen LogP contribution in [0.15, 0.2) is 109 Å². The van der Waals surface area contributed by atoms with Gasteiger partial charge in [-0.3, -0.25) is 9.10 Å². The number of nitrogens with one attached hydrogen (secondary N) is 1. The molecule has 6 heteroatoms. The molecule has 0 spiro atoms. The number of sulfonamides is 1. The monoisotopic (exact) mass is 456 g/mol. The molecule has 0 aliphatic carbocycles. The third-order valence-electron chi connectivity index (χ3n) is 5.24. The molecule has 0 heterocycles. The van der Waals surface area contributed by atoms with Crippen LogP contribution in [0.5, 0.6) is 0 Å². The molecule has 0 aromatic heterocycles. The van der Waals surface area contributed by atoms with Crippen LogP contribution in [0.2, 0.25) is 0 Å². The Bertz CT molecular complexity index is 1340. The molecule has 166 valence electrons. The summed E-state index contributed by atoms with van der Waals surface area (Å²) in [6.45, 7) is 0.135. The van der Waals surface area contributed by atoms with Crippen LogP contribution in [0, 0.1) is 0 Å². The Morgan fingerprint density at radius 1 is 0.727 bits per heavy atom. The van der Waals surface area contributed by atoms with Crippen molar-refractivity contribution in [3.05, 3.63) is 120 Å². The first-order valence-corrected chi connectivity index (χ1v) is 12.3. The smallest absolute Gasteiger partial charge is 0.257 e. The molecule has 0 fully saturated rings. The van der Waals surface area contributed by atoms with E-state index in [-0.39, 0.29) is 18.0 Å². The van der Waals surface area contributed by atoms with Gasteiger partial charge in [0.2, 0.25) is 10.0 Å². The number of benzene rings is 4. The van der Waals surface area contributed by atoms with E-state index in [9.17, 15) is 13.2 Å². The predicted molar refractivity (Wildman–Crippen MR) is 134 cm³/mol. The molecule has 0 aliphatic rings. The van der Waals surface area contributed by atoms with Gasteiger partial charge in [0.25, 0.3) is 5.91 Å². The number of rotatable bonds is 7. The van der Waals surface area contributed by atoms with Gasteiger partial charge in [0.1, 0.15) is 0 Å². The molecule has 4 aromatic carbocycles. The number of hydrogen-bond acceptors (Lipinski definition) is 3. The van der Waals surface area contributed by atoms with E-state index in [0.717, 1.165) is 22.9 Å². The number of nitrogens with zero attached hydrogens (tertiary/aromatic N) is 1. The molecular weight excluding hydrogens is 432 g/mol. The zero-order valence-corrected chi connectivity index (χ0v) is 19.0. The van der Waals surface area contributed by atoms with E-state index < -0.39 is 10.0 Å². The highest BCUT2D eigenvalue weighted by atomic mass is 32.2. The zero-order chi connectivity index (χ0) is 23.3. The van der Waals surface area contributed by atoms with Crippen LogP contribution in [-0.2, 0) is 16.6 Å². The fraction of sp³-hybridized carbons (Fsp3) is 0.0741. The normalized spacial score (nSPS) is 11.1. The van der Waals surface area contributed by atoms with E-state index in [1.807, 2.05) is 84.9 Å². The Labute approximate surface area is 194 Å². The third-order valence-corrected chi connectivity index (χ3v) is 6.36. The molecular formula is C27H24N2O3S. The number of hydrogen-bond donors (Lipinski definition) is 1. The van der Waals surface area contributed by atoms with Crippen molar-refractivity contribution in [1.29, 1.82) is 0 Å². The van der Waals surface area contributed by atoms with Crippen LogP contribution in [0.4, 0.5) is 11.4 Å². The van der Waals surface area contributed by atoms with Crippen molar-refractivity contribution in [1.82, 2.24) is 0 Å². The van der Waals surface area contributed by atoms with Crippen molar-refractivity contribution in [2.75, 3.05) is 15.9 Å². The van der Waals surface area contributed by atoms with Crippen molar-refractivity contribution >= 4 is 27.3 Å². The van der Waals surface area contributed by atoms with Gasteiger partial charge in [0.15, 0.2) is 0 Å². The van der Waals surface area contributed by atoms with E-state index in [2.05, 4.69) is 5.32 Å². The quantitative estimate of drug-likeness (QED) is 0.395. The Kier molecular flexibility index (Phi) is 6.56. The predicted octanol–water partition coefficient (Wildman–Crippen LogP) is 5.57. The van der Waals surface area contributed by atoms with Gasteiger partial charge in [-0.05, 0) is 41.0 Å². The largest absolute Gasteiger partial charge is 0.322 e. The van der Waals surface area contributed by atoms with Crippen molar-refractivity contribution in [3.63, 3.8) is 0 Å². The highest BCUT2D eigenvalue weighted by Gasteiger charge is 2.23. The highest BCUT2D eigenvalue weighted by molar-refractivity contribution is 7.92. The number of anilines is 2. The molecule has 5 nitrogen and oxygen atoms in total. The summed E-state index contributed by atoms with van der Waals surface area (Å²) in [6.07, 6.45) is 1.15. The number of carbonyl (C=O) groups is 1. The van der Waals surface area contributed by atoms with E-state index in [0.29, 0.717) is 11.4 Å². The molecule has 4 aromatic rings. The standard InChI is InChI=1S/C27H24N2O3S/c1-33(31,32)29(20-21-10-4-2-5-11-21)26-15-9-8-14-25(26)27(30)28-24-18-16-23(17-19-24)22-12-6-3-7-13-22/h2-19H,20H2,1H3,(H,28,30). The lowest BCUT2D eigenvalue weighted by molar-refractivity contribution is 0.102. The molecule has 0 radical (unpaired) electrons. The lowest BCUT2D eigenvalue weighted by Crippen LogP contribution is -2.31. The van der Waals surface area contributed by atoms with Crippen molar-refractivity contribution in [2.45, 2.75) is 6.54 Å². The van der Waals surface area contributed by atoms with Gasteiger partial charge >= 0.3 is 0 Å². The van der Waals surface area contributed by atoms with Crippen molar-refractivity contribution < 1.29 is 13.2 Å². The molecule has 1 amide bonds. The summed E-state index contributed by atoms with van der Waals surface area (Å²) in [6, 6.07) is 33.5. The van der Waals surface area contributed by atoms with Gasteiger partial charge in [0.05, 0.1) is 24.1 Å². The maximum absolute atomic E-state index is 13.1. The minimum atomic E-state index is -3.63. The number of para-hydroxylation sites is 1. The summed E-state index contributed by atoms with van der Waals surface area (Å²) < 4.78 is 26.5. The number of carbonyl (C=O) groups excluding carboxylic acids is 1. The van der Waals surface area contributed by atoms with Gasteiger partial charge < -0.3 is 5.32 Å². The lowest BCUT2D eigenvalue weighted by Gasteiger charge is -2.24. The van der Waals surface area contributed by atoms with Gasteiger partial charge in [0, 0.05) is 5.69 Å². The molecule has 0 aliphatic heterocycles. The van der Waals surface area contributed by atoms with Gasteiger partial charge in [-0.25, -0.2) is 8.42 Å². The second kappa shape index (κ2) is 9.71. The molecule has 0 bridgehead atoms. The molecule has 0 saturated carbocycles. The molecule has 1 N–H and O–H groups in total. The first-order chi connectivity index (χ1) is 15.9. The lowest BCUT2D eigenvalue weighted by atomic mass is 10.1. The van der Waals surface area contributed by atoms with E-state index in [1.165, 1.54) is 4.31 Å². The van der Waals surface area contributed by atoms with Crippen molar-refractivity contribution in [3.8, 4) is 11.1 Å². The molecule has 4 rings (SSSR count). The van der Waals surface area contributed by atoms with E-state index in [4.69, 9.17) is 0 Å². The van der Waals surface area contributed by atoms with E-state index in [1.54, 1.807) is 24.3 Å². The summed E-state index contributed by atoms with van der Waals surface area (Å²) in [4.78, 5) is 13.1. The maximum atomic E-state index is 13.1. The summed E-state index contributed by atoms with van der Waals surface area (Å²) >= 11 is 0. The average Bonchev–Trinajstić information content (AvgIpc) is 2.83. The van der Waals surface area contributed by atoms with Crippen LogP contribution in [-0.4, -0.2) is 20.6 Å². The van der Waals surface area contributed by atoms with E-state index >= 15 is 0 Å². The molecule has 0 atom stereocenters. The first kappa shape index (κ1) is 22.3. The highest BCUT2D eigenvalue weighted by Crippen LogP contribution is 2.27. The Morgan fingerprint density at radius 3 is 1.91 bits per heavy atom. The van der Waals surface area contributed by atoms with Crippen LogP contribution < -0.4 is 9.62 Å². The molecule has 0 unspecified atom stereocenters. The van der Waals surface area contributed by atoms with Crippen LogP contribution >= 0.6 is 0 Å². The third kappa shape index (κ3) is 5.48. The summed E-state index contributed by atoms with van der Waals surface area (Å²) in [5.41, 5.74) is 4.21. The molecule has 33 heavy (non-hydrogen) atoms.